The summed E-state index contributed by atoms with van der Waals surface area (Å²) < 4.78 is 5.45. The first-order valence-electron chi connectivity index (χ1n) is 7.32. The Kier molecular flexibility index (Phi) is 4.02. The van der Waals surface area contributed by atoms with Crippen molar-refractivity contribution in [3.63, 3.8) is 0 Å². The third kappa shape index (κ3) is 2.53. The van der Waals surface area contributed by atoms with Crippen molar-refractivity contribution in [3.05, 3.63) is 70.8 Å². The second-order valence-corrected chi connectivity index (χ2v) is 5.15. The summed E-state index contributed by atoms with van der Waals surface area (Å²) in [4.78, 5) is 26.1. The van der Waals surface area contributed by atoms with Gasteiger partial charge < -0.3 is 4.74 Å². The second kappa shape index (κ2) is 6.12. The molecule has 4 heteroatoms. The number of benzene rings is 2. The van der Waals surface area contributed by atoms with Gasteiger partial charge in [-0.2, -0.15) is 0 Å². The number of hydrogen-bond acceptors (Lipinski definition) is 3. The molecule has 0 bridgehead atoms. The molecule has 1 heterocycles. The Bertz CT molecular complexity index is 689. The summed E-state index contributed by atoms with van der Waals surface area (Å²) in [5.74, 6) is -0.460. The quantitative estimate of drug-likeness (QED) is 0.797. The Morgan fingerprint density at radius 3 is 2.00 bits per heavy atom. The molecule has 22 heavy (non-hydrogen) atoms. The molecule has 3 rings (SSSR count). The lowest BCUT2D eigenvalue weighted by atomic mass is 10.1. The third-order valence-electron chi connectivity index (χ3n) is 3.79. The summed E-state index contributed by atoms with van der Waals surface area (Å²) in [6.45, 7) is 3.32. The minimum Gasteiger partial charge on any atom is -0.377 e. The largest absolute Gasteiger partial charge is 0.377 e. The topological polar surface area (TPSA) is 46.6 Å². The van der Waals surface area contributed by atoms with Crippen LogP contribution in [0.1, 0.15) is 38.8 Å². The maximum Gasteiger partial charge on any atom is 0.261 e. The molecular formula is C18H17NO3. The molecule has 0 aliphatic carbocycles. The highest BCUT2D eigenvalue weighted by molar-refractivity contribution is 6.21. The van der Waals surface area contributed by atoms with Crippen LogP contribution in [-0.4, -0.2) is 23.3 Å². The lowest BCUT2D eigenvalue weighted by Gasteiger charge is -2.16. The fourth-order valence-electron chi connectivity index (χ4n) is 2.62. The van der Waals surface area contributed by atoms with E-state index in [2.05, 4.69) is 0 Å². The monoisotopic (exact) mass is 295 g/mol. The predicted octanol–water partition coefficient (Wildman–Crippen LogP) is 3.02. The van der Waals surface area contributed by atoms with E-state index in [0.717, 1.165) is 11.1 Å². The summed E-state index contributed by atoms with van der Waals surface area (Å²) in [6, 6.07) is 14.7. The van der Waals surface area contributed by atoms with Crippen molar-refractivity contribution in [3.8, 4) is 0 Å². The number of rotatable bonds is 5. The molecule has 2 amide bonds. The second-order valence-electron chi connectivity index (χ2n) is 5.15. The molecule has 0 saturated carbocycles. The Balaban J connectivity index is 1.86. The van der Waals surface area contributed by atoms with Gasteiger partial charge in [-0.1, -0.05) is 36.4 Å². The summed E-state index contributed by atoms with van der Waals surface area (Å²) in [5.41, 5.74) is 2.90. The van der Waals surface area contributed by atoms with Crippen molar-refractivity contribution in [2.75, 3.05) is 6.61 Å². The highest BCUT2D eigenvalue weighted by Crippen LogP contribution is 2.25. The molecule has 0 aromatic heterocycles. The molecule has 0 saturated heterocycles. The van der Waals surface area contributed by atoms with Crippen LogP contribution in [-0.2, 0) is 17.9 Å². The van der Waals surface area contributed by atoms with E-state index < -0.39 is 0 Å². The number of carbonyl (C=O) groups excluding carboxylic acids is 2. The van der Waals surface area contributed by atoms with Crippen molar-refractivity contribution < 1.29 is 14.3 Å². The predicted molar refractivity (Wildman–Crippen MR) is 82.4 cm³/mol. The van der Waals surface area contributed by atoms with Gasteiger partial charge in [-0.15, -0.1) is 0 Å². The smallest absolute Gasteiger partial charge is 0.261 e. The van der Waals surface area contributed by atoms with E-state index in [-0.39, 0.29) is 18.4 Å². The van der Waals surface area contributed by atoms with Gasteiger partial charge in [-0.05, 0) is 30.2 Å². The number of imide groups is 1. The molecule has 1 aliphatic rings. The fourth-order valence-corrected chi connectivity index (χ4v) is 2.62. The standard InChI is InChI=1S/C18H17NO3/c1-2-22-12-14-8-4-3-7-13(14)11-19-17(20)15-9-5-6-10-16(15)18(19)21/h3-10H,2,11-12H2,1H3. The number of ether oxygens (including phenoxy) is 1. The number of carbonyl (C=O) groups is 2. The van der Waals surface area contributed by atoms with Crippen molar-refractivity contribution >= 4 is 11.8 Å². The van der Waals surface area contributed by atoms with Gasteiger partial charge in [0.2, 0.25) is 0 Å². The lowest BCUT2D eigenvalue weighted by molar-refractivity contribution is 0.0640. The van der Waals surface area contributed by atoms with Gasteiger partial charge in [0.15, 0.2) is 0 Å². The summed E-state index contributed by atoms with van der Waals surface area (Å²) in [6.07, 6.45) is 0. The minimum absolute atomic E-state index is 0.230. The SMILES string of the molecule is CCOCc1ccccc1CN1C(=O)c2ccccc2C1=O. The molecule has 4 nitrogen and oxygen atoms in total. The van der Waals surface area contributed by atoms with E-state index >= 15 is 0 Å². The van der Waals surface area contributed by atoms with Gasteiger partial charge in [-0.25, -0.2) is 0 Å². The molecule has 0 N–H and O–H groups in total. The zero-order chi connectivity index (χ0) is 15.5. The van der Waals surface area contributed by atoms with E-state index in [0.29, 0.717) is 24.3 Å². The van der Waals surface area contributed by atoms with Crippen molar-refractivity contribution in [1.29, 1.82) is 0 Å². The third-order valence-corrected chi connectivity index (χ3v) is 3.79. The van der Waals surface area contributed by atoms with Crippen LogP contribution in [0.2, 0.25) is 0 Å². The van der Waals surface area contributed by atoms with E-state index in [9.17, 15) is 9.59 Å². The highest BCUT2D eigenvalue weighted by Gasteiger charge is 2.35. The van der Waals surface area contributed by atoms with Crippen molar-refractivity contribution in [2.24, 2.45) is 0 Å². The zero-order valence-corrected chi connectivity index (χ0v) is 12.4. The molecule has 2 aromatic carbocycles. The highest BCUT2D eigenvalue weighted by atomic mass is 16.5. The van der Waals surface area contributed by atoms with Crippen LogP contribution in [0.25, 0.3) is 0 Å². The van der Waals surface area contributed by atoms with Crippen LogP contribution in [0.4, 0.5) is 0 Å². The van der Waals surface area contributed by atoms with Crippen LogP contribution >= 0.6 is 0 Å². The minimum atomic E-state index is -0.230. The molecule has 0 fully saturated rings. The zero-order valence-electron chi connectivity index (χ0n) is 12.4. The molecule has 112 valence electrons. The molecule has 2 aromatic rings. The lowest BCUT2D eigenvalue weighted by Crippen LogP contribution is -2.29. The van der Waals surface area contributed by atoms with Crippen LogP contribution in [0.5, 0.6) is 0 Å². The molecule has 0 unspecified atom stereocenters. The van der Waals surface area contributed by atoms with Gasteiger partial charge in [0.1, 0.15) is 0 Å². The van der Waals surface area contributed by atoms with Crippen LogP contribution in [0.3, 0.4) is 0 Å². The average molecular weight is 295 g/mol. The van der Waals surface area contributed by atoms with Gasteiger partial charge in [-0.3, -0.25) is 14.5 Å². The number of fused-ring (bicyclic) bond motifs is 1. The number of amides is 2. The maximum atomic E-state index is 12.4. The van der Waals surface area contributed by atoms with Crippen LogP contribution < -0.4 is 0 Å². The van der Waals surface area contributed by atoms with E-state index in [1.807, 2.05) is 31.2 Å². The van der Waals surface area contributed by atoms with Gasteiger partial charge in [0.25, 0.3) is 11.8 Å². The van der Waals surface area contributed by atoms with E-state index in [4.69, 9.17) is 4.74 Å². The Morgan fingerprint density at radius 1 is 0.864 bits per heavy atom. The van der Waals surface area contributed by atoms with Gasteiger partial charge in [0, 0.05) is 6.61 Å². The molecular weight excluding hydrogens is 278 g/mol. The summed E-state index contributed by atoms with van der Waals surface area (Å²) in [7, 11) is 0. The Labute approximate surface area is 129 Å². The van der Waals surface area contributed by atoms with Gasteiger partial charge in [0.05, 0.1) is 24.3 Å². The van der Waals surface area contributed by atoms with Crippen molar-refractivity contribution in [1.82, 2.24) is 4.90 Å². The molecule has 0 spiro atoms. The molecule has 0 atom stereocenters. The number of nitrogens with zero attached hydrogens (tertiary/aromatic N) is 1. The van der Waals surface area contributed by atoms with Gasteiger partial charge >= 0.3 is 0 Å². The summed E-state index contributed by atoms with van der Waals surface area (Å²) >= 11 is 0. The average Bonchev–Trinajstić information content (AvgIpc) is 2.79. The number of hydrogen-bond donors (Lipinski definition) is 0. The summed E-state index contributed by atoms with van der Waals surface area (Å²) in [5, 5.41) is 0. The Morgan fingerprint density at radius 2 is 1.41 bits per heavy atom. The fraction of sp³-hybridized carbons (Fsp3) is 0.222. The van der Waals surface area contributed by atoms with Crippen LogP contribution in [0.15, 0.2) is 48.5 Å². The molecule has 0 radical (unpaired) electrons. The van der Waals surface area contributed by atoms with E-state index in [1.165, 1.54) is 4.90 Å². The van der Waals surface area contributed by atoms with Crippen molar-refractivity contribution in [2.45, 2.75) is 20.1 Å². The first-order valence-corrected chi connectivity index (χ1v) is 7.32. The van der Waals surface area contributed by atoms with Crippen LogP contribution in [0, 0.1) is 0 Å². The molecule has 1 aliphatic heterocycles. The Hall–Kier alpha value is -2.46. The van der Waals surface area contributed by atoms with E-state index in [1.54, 1.807) is 24.3 Å². The normalized spacial score (nSPS) is 13.6. The first kappa shape index (κ1) is 14.5. The first-order chi connectivity index (χ1) is 10.7. The maximum absolute atomic E-state index is 12.4.